The summed E-state index contributed by atoms with van der Waals surface area (Å²) in [7, 11) is 0. The van der Waals surface area contributed by atoms with Gasteiger partial charge in [0.25, 0.3) is 0 Å². The number of nitrogens with one attached hydrogen (secondary N) is 1. The number of amides is 2. The molecule has 0 saturated carbocycles. The molecule has 47 heavy (non-hydrogen) atoms. The van der Waals surface area contributed by atoms with Crippen molar-refractivity contribution in [3.8, 4) is 23.1 Å². The third-order valence-electron chi connectivity index (χ3n) is 8.72. The van der Waals surface area contributed by atoms with E-state index in [-0.39, 0.29) is 5.38 Å². The number of urea groups is 1. The van der Waals surface area contributed by atoms with Crippen molar-refractivity contribution in [1.82, 2.24) is 24.9 Å². The Morgan fingerprint density at radius 3 is 2.66 bits per heavy atom. The van der Waals surface area contributed by atoms with Gasteiger partial charge in [-0.05, 0) is 41.8 Å². The summed E-state index contributed by atoms with van der Waals surface area (Å²) in [5.74, 6) is 8.69. The molecule has 0 bridgehead atoms. The van der Waals surface area contributed by atoms with Crippen LogP contribution in [0.25, 0.3) is 11.3 Å². The predicted octanol–water partition coefficient (Wildman–Crippen LogP) is 5.03. The number of alkyl halides is 1. The number of β-amino-alcohol motifs (C(OH)–C–C–N with tert-alkyl or cyclic N) is 1. The first-order chi connectivity index (χ1) is 22.8. The molecular weight excluding hydrogens is 651 g/mol. The van der Waals surface area contributed by atoms with Crippen LogP contribution in [0.2, 0.25) is 5.02 Å². The number of benzene rings is 2. The zero-order valence-electron chi connectivity index (χ0n) is 26.3. The zero-order chi connectivity index (χ0) is 32.8. The summed E-state index contributed by atoms with van der Waals surface area (Å²) in [6.45, 7) is 5.42. The minimum absolute atomic E-state index is 0.0986. The Morgan fingerprint density at radius 2 is 1.91 bits per heavy atom. The number of primary amides is 1. The molecule has 3 aromatic rings. The molecule has 11 heteroatoms. The highest BCUT2D eigenvalue weighted by atomic mass is 35.5. The van der Waals surface area contributed by atoms with Gasteiger partial charge >= 0.3 is 6.03 Å². The molecule has 1 fully saturated rings. The second-order valence-electron chi connectivity index (χ2n) is 12.2. The van der Waals surface area contributed by atoms with Crippen LogP contribution in [0.1, 0.15) is 34.4 Å². The van der Waals surface area contributed by atoms with E-state index >= 15 is 0 Å². The quantitative estimate of drug-likeness (QED) is 0.215. The van der Waals surface area contributed by atoms with E-state index in [0.29, 0.717) is 43.2 Å². The molecule has 1 unspecified atom stereocenters. The van der Waals surface area contributed by atoms with Gasteiger partial charge in [-0.15, -0.1) is 11.6 Å². The number of carbonyl (C=O) groups is 1. The molecule has 2 atom stereocenters. The average Bonchev–Trinajstić information content (AvgIpc) is 3.43. The van der Waals surface area contributed by atoms with Gasteiger partial charge in [0, 0.05) is 85.1 Å². The molecule has 2 aliphatic heterocycles. The molecule has 1 aliphatic carbocycles. The van der Waals surface area contributed by atoms with Crippen molar-refractivity contribution in [3.63, 3.8) is 0 Å². The number of nitrogens with two attached hydrogens (primary N) is 1. The molecule has 3 aliphatic rings. The molecule has 1 saturated heterocycles. The molecule has 6 rings (SSSR count). The molecule has 4 N–H and O–H groups in total. The number of aliphatic hydroxyl groups excluding tert-OH is 1. The Bertz CT molecular complexity index is 1700. The predicted molar refractivity (Wildman–Crippen MR) is 192 cm³/mol. The molecule has 0 radical (unpaired) electrons. The van der Waals surface area contributed by atoms with E-state index in [0.717, 1.165) is 72.2 Å². The van der Waals surface area contributed by atoms with E-state index in [9.17, 15) is 9.90 Å². The topological polar surface area (TPSA) is 99.7 Å². The van der Waals surface area contributed by atoms with Crippen LogP contribution in [-0.4, -0.2) is 86.4 Å². The number of allylic oxidation sites excluding steroid dienone is 2. The number of hydrogen-bond acceptors (Lipinski definition) is 6. The molecule has 8 nitrogen and oxygen atoms in total. The number of aliphatic hydroxyl groups is 1. The highest BCUT2D eigenvalue weighted by Gasteiger charge is 2.28. The lowest BCUT2D eigenvalue weighted by molar-refractivity contribution is 0.0983. The Kier molecular flexibility index (Phi) is 11.3. The van der Waals surface area contributed by atoms with Gasteiger partial charge in [0.15, 0.2) is 0 Å². The van der Waals surface area contributed by atoms with Crippen molar-refractivity contribution in [1.29, 1.82) is 0 Å². The standard InChI is InChI=1S/C36H40Cl2N6O2S/c37-30-10-6-27(7-11-30)21-40-20-26-3-1-25(2-4-26)5-8-28-19-29(9-12-33(28)38)35-32-24-43(36(39)46)14-13-34(32)44(41-35)23-31(45)22-42-15-17-47-18-16-42/h1-4,6-7,9-10,12,19,30-31,40,45H,11,13-18,20-24H2,(H2,39,46)/t30?,31-/m0/s1. The van der Waals surface area contributed by atoms with Crippen molar-refractivity contribution < 1.29 is 9.90 Å². The monoisotopic (exact) mass is 690 g/mol. The summed E-state index contributed by atoms with van der Waals surface area (Å²) >= 11 is 14.7. The van der Waals surface area contributed by atoms with E-state index in [1.165, 1.54) is 11.1 Å². The Labute approximate surface area is 291 Å². The Morgan fingerprint density at radius 1 is 1.11 bits per heavy atom. The van der Waals surface area contributed by atoms with Crippen molar-refractivity contribution >= 4 is 41.0 Å². The number of hydrogen-bond donors (Lipinski definition) is 3. The van der Waals surface area contributed by atoms with Crippen LogP contribution in [0.4, 0.5) is 4.79 Å². The minimum atomic E-state index is -0.552. The van der Waals surface area contributed by atoms with E-state index in [1.54, 1.807) is 4.90 Å². The summed E-state index contributed by atoms with van der Waals surface area (Å²) in [6.07, 6.45) is 7.24. The fourth-order valence-corrected chi connectivity index (χ4v) is 7.44. The first-order valence-corrected chi connectivity index (χ1v) is 18.0. The van der Waals surface area contributed by atoms with Gasteiger partial charge in [0.2, 0.25) is 0 Å². The number of rotatable bonds is 9. The lowest BCUT2D eigenvalue weighted by Gasteiger charge is -2.29. The lowest BCUT2D eigenvalue weighted by Crippen LogP contribution is -2.41. The Hall–Kier alpha value is -3.23. The van der Waals surface area contributed by atoms with Crippen molar-refractivity contribution in [2.75, 3.05) is 44.2 Å². The summed E-state index contributed by atoms with van der Waals surface area (Å²) in [5.41, 5.74) is 13.3. The minimum Gasteiger partial charge on any atom is -0.390 e. The van der Waals surface area contributed by atoms with E-state index < -0.39 is 12.1 Å². The molecule has 3 heterocycles. The largest absolute Gasteiger partial charge is 0.390 e. The third kappa shape index (κ3) is 8.82. The molecule has 0 spiro atoms. The van der Waals surface area contributed by atoms with Crippen LogP contribution in [0.3, 0.4) is 0 Å². The summed E-state index contributed by atoms with van der Waals surface area (Å²) in [5, 5.41) is 20.1. The maximum Gasteiger partial charge on any atom is 0.315 e. The van der Waals surface area contributed by atoms with Gasteiger partial charge in [-0.25, -0.2) is 4.79 Å². The maximum absolute atomic E-state index is 12.1. The van der Waals surface area contributed by atoms with Gasteiger partial charge in [-0.3, -0.25) is 9.58 Å². The van der Waals surface area contributed by atoms with Gasteiger partial charge in [0.1, 0.15) is 0 Å². The first kappa shape index (κ1) is 33.7. The summed E-state index contributed by atoms with van der Waals surface area (Å²) in [6, 6.07) is 13.5. The zero-order valence-corrected chi connectivity index (χ0v) is 28.6. The fourth-order valence-electron chi connectivity index (χ4n) is 6.14. The summed E-state index contributed by atoms with van der Waals surface area (Å²) < 4.78 is 1.92. The van der Waals surface area contributed by atoms with Crippen LogP contribution in [0, 0.1) is 11.8 Å². The number of aromatic nitrogens is 2. The maximum atomic E-state index is 12.1. The van der Waals surface area contributed by atoms with Crippen molar-refractivity contribution in [3.05, 3.63) is 99.2 Å². The van der Waals surface area contributed by atoms with Crippen molar-refractivity contribution in [2.24, 2.45) is 5.73 Å². The smallest absolute Gasteiger partial charge is 0.315 e. The van der Waals surface area contributed by atoms with E-state index in [2.05, 4.69) is 46.3 Å². The molecule has 2 amide bonds. The van der Waals surface area contributed by atoms with Gasteiger partial charge in [0.05, 0.1) is 35.3 Å². The Balaban J connectivity index is 1.17. The van der Waals surface area contributed by atoms with Crippen LogP contribution in [-0.2, 0) is 26.1 Å². The van der Waals surface area contributed by atoms with Crippen LogP contribution >= 0.6 is 35.0 Å². The SMILES string of the molecule is NC(=O)N1CCc2c(c(-c3ccc(Cl)c(C#Cc4ccc(CNCC5=CCC(Cl)C=C5)cc4)c3)nn2C[C@@H](O)CN2CCSCC2)C1. The van der Waals surface area contributed by atoms with Gasteiger partial charge in [-0.1, -0.05) is 59.9 Å². The highest BCUT2D eigenvalue weighted by molar-refractivity contribution is 7.99. The van der Waals surface area contributed by atoms with E-state index in [1.807, 2.05) is 52.9 Å². The third-order valence-corrected chi connectivity index (χ3v) is 10.3. The van der Waals surface area contributed by atoms with Crippen molar-refractivity contribution in [2.45, 2.75) is 44.0 Å². The van der Waals surface area contributed by atoms with E-state index in [4.69, 9.17) is 34.0 Å². The van der Waals surface area contributed by atoms with Gasteiger partial charge in [-0.2, -0.15) is 16.9 Å². The molecule has 2 aromatic carbocycles. The lowest BCUT2D eigenvalue weighted by atomic mass is 9.99. The molecule has 1 aromatic heterocycles. The second-order valence-corrected chi connectivity index (χ2v) is 14.4. The first-order valence-electron chi connectivity index (χ1n) is 16.1. The number of thioether (sulfide) groups is 1. The number of fused-ring (bicyclic) bond motifs is 1. The molecule has 246 valence electrons. The molecular formula is C36H40Cl2N6O2S. The number of halogens is 2. The normalized spacial score (nSPS) is 18.7. The van der Waals surface area contributed by atoms with Crippen LogP contribution in [0.15, 0.2) is 66.3 Å². The number of carbonyl (C=O) groups excluding carboxylic acids is 1. The average molecular weight is 692 g/mol. The summed E-state index contributed by atoms with van der Waals surface area (Å²) in [4.78, 5) is 16.1. The fraction of sp³-hybridized carbons (Fsp3) is 0.389. The van der Waals surface area contributed by atoms with Gasteiger partial charge < -0.3 is 21.1 Å². The second kappa shape index (κ2) is 15.8. The highest BCUT2D eigenvalue weighted by Crippen LogP contribution is 2.32. The van der Waals surface area contributed by atoms with Crippen LogP contribution < -0.4 is 11.1 Å². The number of nitrogens with zero attached hydrogens (tertiary/aromatic N) is 4. The van der Waals surface area contributed by atoms with Crippen LogP contribution in [0.5, 0.6) is 0 Å².